The van der Waals surface area contributed by atoms with Crippen LogP contribution in [-0.2, 0) is 14.3 Å². The Bertz CT molecular complexity index is 158. The first-order valence-corrected chi connectivity index (χ1v) is 2.91. The van der Waals surface area contributed by atoms with Gasteiger partial charge in [-0.2, -0.15) is 0 Å². The lowest BCUT2D eigenvalue weighted by atomic mass is 10.6. The van der Waals surface area contributed by atoms with Crippen LogP contribution >= 0.6 is 0 Å². The van der Waals surface area contributed by atoms with Gasteiger partial charge in [0.15, 0.2) is 0 Å². The third-order valence-electron chi connectivity index (χ3n) is 1.26. The van der Waals surface area contributed by atoms with E-state index in [-0.39, 0.29) is 5.91 Å². The van der Waals surface area contributed by atoms with Crippen LogP contribution in [0.1, 0.15) is 6.92 Å². The average molecular weight is 143 g/mol. The van der Waals surface area contributed by atoms with Gasteiger partial charge in [0.05, 0.1) is 0 Å². The fourth-order valence-corrected chi connectivity index (χ4v) is 0.562. The minimum atomic E-state index is -0.572. The van der Waals surface area contributed by atoms with Crippen molar-refractivity contribution in [3.63, 3.8) is 0 Å². The maximum absolute atomic E-state index is 10.7. The van der Waals surface area contributed by atoms with Crippen LogP contribution in [0.5, 0.6) is 0 Å². The topological polar surface area (TPSA) is 38.8 Å². The van der Waals surface area contributed by atoms with Gasteiger partial charge in [0, 0.05) is 14.0 Å². The summed E-state index contributed by atoms with van der Waals surface area (Å²) in [6.07, 6.45) is 2.24. The van der Waals surface area contributed by atoms with Crippen molar-refractivity contribution in [2.45, 2.75) is 13.3 Å². The predicted molar refractivity (Wildman–Crippen MR) is 33.5 cm³/mol. The Morgan fingerprint density at radius 3 is 2.40 bits per heavy atom. The van der Waals surface area contributed by atoms with Crippen molar-refractivity contribution in [3.05, 3.63) is 12.5 Å². The number of ether oxygens (including phenoxy) is 2. The summed E-state index contributed by atoms with van der Waals surface area (Å²) in [6.45, 7) is 1.45. The molecule has 1 aliphatic heterocycles. The molecule has 0 spiro atoms. The zero-order valence-corrected chi connectivity index (χ0v) is 5.90. The van der Waals surface area contributed by atoms with Gasteiger partial charge in [-0.3, -0.25) is 9.69 Å². The molecule has 0 aliphatic carbocycles. The van der Waals surface area contributed by atoms with Crippen LogP contribution in [0.3, 0.4) is 0 Å². The number of hydrogen-bond donors (Lipinski definition) is 0. The van der Waals surface area contributed by atoms with Crippen LogP contribution in [0.4, 0.5) is 0 Å². The molecule has 0 radical (unpaired) electrons. The van der Waals surface area contributed by atoms with Crippen molar-refractivity contribution in [1.29, 1.82) is 0 Å². The highest BCUT2D eigenvalue weighted by atomic mass is 16.7. The zero-order chi connectivity index (χ0) is 7.56. The molecule has 0 saturated heterocycles. The molecule has 1 amide bonds. The Morgan fingerprint density at radius 1 is 1.50 bits per heavy atom. The van der Waals surface area contributed by atoms with E-state index >= 15 is 0 Å². The van der Waals surface area contributed by atoms with Crippen molar-refractivity contribution < 1.29 is 14.3 Å². The van der Waals surface area contributed by atoms with Crippen LogP contribution in [0.2, 0.25) is 0 Å². The first-order chi connectivity index (χ1) is 4.72. The molecule has 0 bridgehead atoms. The van der Waals surface area contributed by atoms with Gasteiger partial charge in [0.1, 0.15) is 12.5 Å². The summed E-state index contributed by atoms with van der Waals surface area (Å²) in [7, 11) is 1.61. The third-order valence-corrected chi connectivity index (χ3v) is 1.26. The van der Waals surface area contributed by atoms with Crippen molar-refractivity contribution in [2.24, 2.45) is 0 Å². The number of rotatable bonds is 1. The van der Waals surface area contributed by atoms with Gasteiger partial charge in [-0.1, -0.05) is 0 Å². The van der Waals surface area contributed by atoms with E-state index < -0.39 is 6.41 Å². The standard InChI is InChI=1S/C6H9NO3/c1-5(8)7(2)6-9-3-4-10-6/h3-4,6H,1-2H3. The molecule has 0 aromatic rings. The highest BCUT2D eigenvalue weighted by Crippen LogP contribution is 2.08. The average Bonchev–Trinajstić information content (AvgIpc) is 2.36. The van der Waals surface area contributed by atoms with Gasteiger partial charge in [-0.05, 0) is 0 Å². The first-order valence-electron chi connectivity index (χ1n) is 2.91. The van der Waals surface area contributed by atoms with Crippen LogP contribution in [0.25, 0.3) is 0 Å². The van der Waals surface area contributed by atoms with E-state index in [1.807, 2.05) is 0 Å². The number of nitrogens with zero attached hydrogens (tertiary/aromatic N) is 1. The molecule has 56 valence electrons. The molecular weight excluding hydrogens is 134 g/mol. The lowest BCUT2D eigenvalue weighted by Gasteiger charge is -2.20. The molecule has 0 atom stereocenters. The summed E-state index contributed by atoms with van der Waals surface area (Å²) in [5.74, 6) is -0.0892. The first kappa shape index (κ1) is 6.92. The molecule has 4 heteroatoms. The highest BCUT2D eigenvalue weighted by Gasteiger charge is 2.20. The Morgan fingerprint density at radius 2 is 2.00 bits per heavy atom. The van der Waals surface area contributed by atoms with Crippen LogP contribution < -0.4 is 0 Å². The van der Waals surface area contributed by atoms with Gasteiger partial charge in [-0.25, -0.2) is 0 Å². The van der Waals surface area contributed by atoms with E-state index in [0.717, 1.165) is 0 Å². The van der Waals surface area contributed by atoms with Crippen molar-refractivity contribution >= 4 is 5.91 Å². The zero-order valence-electron chi connectivity index (χ0n) is 5.90. The number of carbonyl (C=O) groups excluding carboxylic acids is 1. The summed E-state index contributed by atoms with van der Waals surface area (Å²) in [4.78, 5) is 12.0. The van der Waals surface area contributed by atoms with E-state index in [4.69, 9.17) is 9.47 Å². The SMILES string of the molecule is CC(=O)N(C)C1OC=CO1. The molecule has 0 fully saturated rings. The minimum Gasteiger partial charge on any atom is -0.442 e. The monoisotopic (exact) mass is 143 g/mol. The number of carbonyl (C=O) groups is 1. The second-order valence-electron chi connectivity index (χ2n) is 1.98. The molecule has 0 unspecified atom stereocenters. The van der Waals surface area contributed by atoms with E-state index in [0.29, 0.717) is 0 Å². The summed E-state index contributed by atoms with van der Waals surface area (Å²) >= 11 is 0. The maximum Gasteiger partial charge on any atom is 0.328 e. The van der Waals surface area contributed by atoms with Crippen molar-refractivity contribution in [1.82, 2.24) is 4.90 Å². The Balaban J connectivity index is 2.42. The Kier molecular flexibility index (Phi) is 1.80. The lowest BCUT2D eigenvalue weighted by Crippen LogP contribution is -2.35. The van der Waals surface area contributed by atoms with Crippen molar-refractivity contribution in [2.75, 3.05) is 7.05 Å². The molecule has 0 saturated carbocycles. The summed E-state index contributed by atoms with van der Waals surface area (Å²) in [5.41, 5.74) is 0. The largest absolute Gasteiger partial charge is 0.442 e. The van der Waals surface area contributed by atoms with Crippen LogP contribution in [-0.4, -0.2) is 24.3 Å². The van der Waals surface area contributed by atoms with Gasteiger partial charge in [-0.15, -0.1) is 0 Å². The van der Waals surface area contributed by atoms with E-state index in [1.165, 1.54) is 24.3 Å². The van der Waals surface area contributed by atoms with Gasteiger partial charge >= 0.3 is 6.41 Å². The quantitative estimate of drug-likeness (QED) is 0.528. The van der Waals surface area contributed by atoms with Gasteiger partial charge < -0.3 is 9.47 Å². The van der Waals surface area contributed by atoms with E-state index in [9.17, 15) is 4.79 Å². The van der Waals surface area contributed by atoms with E-state index in [1.54, 1.807) is 7.05 Å². The van der Waals surface area contributed by atoms with Crippen LogP contribution in [0.15, 0.2) is 12.5 Å². The summed E-state index contributed by atoms with van der Waals surface area (Å²) in [6, 6.07) is 0. The Hall–Kier alpha value is -1.19. The molecule has 10 heavy (non-hydrogen) atoms. The van der Waals surface area contributed by atoms with Crippen molar-refractivity contribution in [3.8, 4) is 0 Å². The highest BCUT2D eigenvalue weighted by molar-refractivity contribution is 5.72. The normalized spacial score (nSPS) is 16.2. The molecule has 4 nitrogen and oxygen atoms in total. The predicted octanol–water partition coefficient (Wildman–Crippen LogP) is 0.266. The minimum absolute atomic E-state index is 0.0892. The number of amides is 1. The molecule has 0 aromatic carbocycles. The van der Waals surface area contributed by atoms with Gasteiger partial charge in [0.2, 0.25) is 5.91 Å². The van der Waals surface area contributed by atoms with Gasteiger partial charge in [0.25, 0.3) is 0 Å². The fraction of sp³-hybridized carbons (Fsp3) is 0.500. The molecular formula is C6H9NO3. The smallest absolute Gasteiger partial charge is 0.328 e. The molecule has 1 heterocycles. The number of hydrogen-bond acceptors (Lipinski definition) is 3. The lowest BCUT2D eigenvalue weighted by molar-refractivity contribution is -0.161. The fourth-order valence-electron chi connectivity index (χ4n) is 0.562. The molecule has 1 rings (SSSR count). The molecule has 1 aliphatic rings. The molecule has 0 N–H and O–H groups in total. The summed E-state index contributed by atoms with van der Waals surface area (Å²) in [5, 5.41) is 0. The second-order valence-corrected chi connectivity index (χ2v) is 1.98. The van der Waals surface area contributed by atoms with Crippen LogP contribution in [0, 0.1) is 0 Å². The third kappa shape index (κ3) is 1.21. The summed E-state index contributed by atoms with van der Waals surface area (Å²) < 4.78 is 9.76. The maximum atomic E-state index is 10.7. The second kappa shape index (κ2) is 2.60. The Labute approximate surface area is 59.0 Å². The molecule has 0 aromatic heterocycles. The van der Waals surface area contributed by atoms with E-state index in [2.05, 4.69) is 0 Å².